The Morgan fingerprint density at radius 2 is 1.89 bits per heavy atom. The van der Waals surface area contributed by atoms with E-state index in [0.717, 1.165) is 37.0 Å². The average Bonchev–Trinajstić information content (AvgIpc) is 2.94. The first kappa shape index (κ1) is 20.9. The molecule has 0 radical (unpaired) electrons. The number of nitrogens with one attached hydrogen (secondary N) is 1. The number of hydrogen-bond donors (Lipinski definition) is 1. The molecule has 1 saturated heterocycles. The van der Waals surface area contributed by atoms with Crippen LogP contribution in [-0.4, -0.2) is 49.1 Å². The minimum atomic E-state index is -0.555. The summed E-state index contributed by atoms with van der Waals surface area (Å²) in [4.78, 5) is 28.7. The van der Waals surface area contributed by atoms with Crippen LogP contribution < -0.4 is 5.32 Å². The number of anilines is 1. The van der Waals surface area contributed by atoms with Gasteiger partial charge in [-0.05, 0) is 58.1 Å². The standard InChI is InChI=1S/C21H29N3O3/c1-6-24(11-9-7-8-10-12-24)16(3)20(25)23-19-15(2)13-17(22-4)14-18(19)21(26)27-5/h13-14,16H,6-12H2,1-3,5H3/p+1. The number of carbonyl (C=O) groups excluding carboxylic acids is 2. The molecule has 2 rings (SSSR count). The van der Waals surface area contributed by atoms with Gasteiger partial charge in [-0.3, -0.25) is 4.79 Å². The summed E-state index contributed by atoms with van der Waals surface area (Å²) in [5.74, 6) is -0.650. The summed E-state index contributed by atoms with van der Waals surface area (Å²) in [5, 5.41) is 2.96. The molecule has 1 N–H and O–H groups in total. The van der Waals surface area contributed by atoms with Gasteiger partial charge in [0.05, 0.1) is 44.6 Å². The van der Waals surface area contributed by atoms with Gasteiger partial charge in [0, 0.05) is 0 Å². The summed E-state index contributed by atoms with van der Waals surface area (Å²) < 4.78 is 5.63. The van der Waals surface area contributed by atoms with Crippen molar-refractivity contribution >= 4 is 23.3 Å². The number of esters is 1. The fourth-order valence-electron chi connectivity index (χ4n) is 4.04. The Bertz CT molecular complexity index is 744. The van der Waals surface area contributed by atoms with Gasteiger partial charge in [-0.25, -0.2) is 9.64 Å². The van der Waals surface area contributed by atoms with Gasteiger partial charge in [-0.15, -0.1) is 0 Å². The molecular weight excluding hydrogens is 342 g/mol. The molecule has 0 spiro atoms. The second-order valence-electron chi connectivity index (χ2n) is 7.35. The largest absolute Gasteiger partial charge is 0.465 e. The summed E-state index contributed by atoms with van der Waals surface area (Å²) in [6.45, 7) is 16.0. The molecule has 0 saturated carbocycles. The van der Waals surface area contributed by atoms with Crippen molar-refractivity contribution in [2.75, 3.05) is 32.1 Å². The number of quaternary nitrogens is 1. The fourth-order valence-corrected chi connectivity index (χ4v) is 4.04. The summed E-state index contributed by atoms with van der Waals surface area (Å²) in [7, 11) is 1.30. The second kappa shape index (κ2) is 9.01. The van der Waals surface area contributed by atoms with Crippen LogP contribution in [0.2, 0.25) is 0 Å². The Kier molecular flexibility index (Phi) is 6.98. The highest BCUT2D eigenvalue weighted by Crippen LogP contribution is 2.29. The van der Waals surface area contributed by atoms with E-state index < -0.39 is 5.97 Å². The summed E-state index contributed by atoms with van der Waals surface area (Å²) >= 11 is 0. The molecule has 0 bridgehead atoms. The average molecular weight is 372 g/mol. The first-order valence-corrected chi connectivity index (χ1v) is 9.65. The van der Waals surface area contributed by atoms with Crippen LogP contribution in [0.1, 0.15) is 55.5 Å². The van der Waals surface area contributed by atoms with E-state index in [0.29, 0.717) is 16.9 Å². The van der Waals surface area contributed by atoms with Gasteiger partial charge in [-0.1, -0.05) is 6.07 Å². The fraction of sp³-hybridized carbons (Fsp3) is 0.571. The molecule has 1 aliphatic rings. The molecule has 146 valence electrons. The summed E-state index contributed by atoms with van der Waals surface area (Å²) in [6.07, 6.45) is 4.71. The molecule has 0 aromatic heterocycles. The first-order valence-electron chi connectivity index (χ1n) is 9.65. The molecule has 1 atom stereocenters. The van der Waals surface area contributed by atoms with E-state index in [-0.39, 0.29) is 17.5 Å². The maximum atomic E-state index is 13.1. The lowest BCUT2D eigenvalue weighted by molar-refractivity contribution is -0.938. The van der Waals surface area contributed by atoms with Gasteiger partial charge in [0.2, 0.25) is 0 Å². The number of benzene rings is 1. The van der Waals surface area contributed by atoms with Crippen LogP contribution in [0.5, 0.6) is 0 Å². The van der Waals surface area contributed by atoms with Crippen LogP contribution >= 0.6 is 0 Å². The van der Waals surface area contributed by atoms with Gasteiger partial charge in [0.25, 0.3) is 5.91 Å². The zero-order valence-corrected chi connectivity index (χ0v) is 16.8. The molecule has 1 unspecified atom stereocenters. The number of likely N-dealkylation sites (N-methyl/N-ethyl adjacent to an activating group) is 1. The zero-order valence-electron chi connectivity index (χ0n) is 16.8. The monoisotopic (exact) mass is 372 g/mol. The van der Waals surface area contributed by atoms with E-state index in [4.69, 9.17) is 11.3 Å². The third kappa shape index (κ3) is 4.48. The van der Waals surface area contributed by atoms with Crippen LogP contribution in [0.15, 0.2) is 12.1 Å². The SMILES string of the molecule is [C-]#[N+]c1cc(C)c(NC(=O)C(C)[N+]2(CC)CCCCCC2)c(C(=O)OC)c1. The molecule has 1 heterocycles. The van der Waals surface area contributed by atoms with Crippen LogP contribution in [0, 0.1) is 13.5 Å². The van der Waals surface area contributed by atoms with Gasteiger partial charge in [-0.2, -0.15) is 0 Å². The van der Waals surface area contributed by atoms with Crippen molar-refractivity contribution in [3.63, 3.8) is 0 Å². The predicted molar refractivity (Wildman–Crippen MR) is 106 cm³/mol. The lowest BCUT2D eigenvalue weighted by atomic mass is 10.1. The highest BCUT2D eigenvalue weighted by Gasteiger charge is 2.38. The number of rotatable bonds is 5. The summed E-state index contributed by atoms with van der Waals surface area (Å²) in [5.41, 5.74) is 1.70. The van der Waals surface area contributed by atoms with Gasteiger partial charge < -0.3 is 14.5 Å². The van der Waals surface area contributed by atoms with Crippen molar-refractivity contribution in [2.24, 2.45) is 0 Å². The quantitative estimate of drug-likeness (QED) is 0.481. The normalized spacial score (nSPS) is 17.3. The van der Waals surface area contributed by atoms with Crippen molar-refractivity contribution in [1.29, 1.82) is 0 Å². The smallest absolute Gasteiger partial charge is 0.338 e. The minimum Gasteiger partial charge on any atom is -0.465 e. The van der Waals surface area contributed by atoms with Gasteiger partial charge >= 0.3 is 5.97 Å². The molecule has 0 aliphatic carbocycles. The molecule has 1 aliphatic heterocycles. The zero-order chi connectivity index (χ0) is 20.0. The Morgan fingerprint density at radius 1 is 1.26 bits per heavy atom. The lowest BCUT2D eigenvalue weighted by Crippen LogP contribution is -2.59. The number of carbonyl (C=O) groups is 2. The molecule has 1 fully saturated rings. The lowest BCUT2D eigenvalue weighted by Gasteiger charge is -2.41. The topological polar surface area (TPSA) is 59.8 Å². The molecule has 1 aromatic rings. The third-order valence-electron chi connectivity index (χ3n) is 5.89. The van der Waals surface area contributed by atoms with Crippen molar-refractivity contribution in [1.82, 2.24) is 0 Å². The maximum absolute atomic E-state index is 13.1. The van der Waals surface area contributed by atoms with E-state index >= 15 is 0 Å². The van der Waals surface area contributed by atoms with Crippen LogP contribution in [-0.2, 0) is 9.53 Å². The van der Waals surface area contributed by atoms with Gasteiger partial charge in [0.15, 0.2) is 11.7 Å². The number of amides is 1. The maximum Gasteiger partial charge on any atom is 0.338 e. The molecule has 6 heteroatoms. The third-order valence-corrected chi connectivity index (χ3v) is 5.89. The van der Waals surface area contributed by atoms with Crippen molar-refractivity contribution < 1.29 is 18.8 Å². The predicted octanol–water partition coefficient (Wildman–Crippen LogP) is 4.07. The second-order valence-corrected chi connectivity index (χ2v) is 7.35. The highest BCUT2D eigenvalue weighted by molar-refractivity contribution is 6.04. The Hall–Kier alpha value is -2.39. The molecule has 6 nitrogen and oxygen atoms in total. The summed E-state index contributed by atoms with van der Waals surface area (Å²) in [6, 6.07) is 2.94. The Balaban J connectivity index is 2.34. The number of nitrogens with zero attached hydrogens (tertiary/aromatic N) is 2. The molecule has 1 aromatic carbocycles. The number of likely N-dealkylation sites (tertiary alicyclic amines) is 1. The first-order chi connectivity index (χ1) is 12.9. The minimum absolute atomic E-state index is 0.0948. The Morgan fingerprint density at radius 3 is 2.41 bits per heavy atom. The number of aryl methyl sites for hydroxylation is 1. The number of hydrogen-bond acceptors (Lipinski definition) is 3. The Labute approximate surface area is 161 Å². The highest BCUT2D eigenvalue weighted by atomic mass is 16.5. The van der Waals surface area contributed by atoms with E-state index in [2.05, 4.69) is 17.1 Å². The van der Waals surface area contributed by atoms with E-state index in [1.165, 1.54) is 26.0 Å². The van der Waals surface area contributed by atoms with Gasteiger partial charge in [0.1, 0.15) is 0 Å². The molecule has 27 heavy (non-hydrogen) atoms. The van der Waals surface area contributed by atoms with E-state index in [9.17, 15) is 9.59 Å². The number of methoxy groups -OCH3 is 1. The van der Waals surface area contributed by atoms with Crippen LogP contribution in [0.3, 0.4) is 0 Å². The van der Waals surface area contributed by atoms with E-state index in [1.807, 2.05) is 6.92 Å². The van der Waals surface area contributed by atoms with Crippen LogP contribution in [0.4, 0.5) is 11.4 Å². The van der Waals surface area contributed by atoms with Crippen LogP contribution in [0.25, 0.3) is 4.85 Å². The van der Waals surface area contributed by atoms with E-state index in [1.54, 1.807) is 13.0 Å². The number of ether oxygens (including phenoxy) is 1. The molecule has 1 amide bonds. The molecular formula is C21H30N3O3+. The van der Waals surface area contributed by atoms with Crippen molar-refractivity contribution in [3.05, 3.63) is 34.7 Å². The van der Waals surface area contributed by atoms with Crippen molar-refractivity contribution in [2.45, 2.75) is 52.5 Å². The van der Waals surface area contributed by atoms with Crippen molar-refractivity contribution in [3.8, 4) is 0 Å².